The number of hydrogen-bond acceptors (Lipinski definition) is 2. The molecule has 1 heterocycles. The van der Waals surface area contributed by atoms with E-state index in [0.717, 1.165) is 25.6 Å². The quantitative estimate of drug-likeness (QED) is 0.794. The molecule has 0 radical (unpaired) electrons. The summed E-state index contributed by atoms with van der Waals surface area (Å²) < 4.78 is 0. The first-order valence-corrected chi connectivity index (χ1v) is 8.23. The van der Waals surface area contributed by atoms with E-state index in [1.165, 1.54) is 36.9 Å². The molecule has 1 N–H and O–H groups in total. The van der Waals surface area contributed by atoms with E-state index in [0.29, 0.717) is 6.04 Å². The summed E-state index contributed by atoms with van der Waals surface area (Å²) in [6.45, 7) is 11.4. The molecule has 1 aromatic rings. The normalized spacial score (nSPS) is 23.9. The van der Waals surface area contributed by atoms with Crippen molar-refractivity contribution in [2.75, 3.05) is 13.1 Å². The lowest BCUT2D eigenvalue weighted by atomic mass is 9.91. The Balaban J connectivity index is 1.93. The molecule has 0 spiro atoms. The molecule has 1 aliphatic heterocycles. The molecule has 0 saturated carbocycles. The molecule has 1 fully saturated rings. The van der Waals surface area contributed by atoms with Crippen LogP contribution in [0, 0.1) is 5.92 Å². The van der Waals surface area contributed by atoms with E-state index in [9.17, 15) is 0 Å². The molecule has 0 aliphatic carbocycles. The van der Waals surface area contributed by atoms with Crippen LogP contribution in [0.4, 0.5) is 0 Å². The minimum absolute atomic E-state index is 0.714. The van der Waals surface area contributed by atoms with E-state index in [-0.39, 0.29) is 0 Å². The second kappa shape index (κ2) is 7.80. The average molecular weight is 274 g/mol. The summed E-state index contributed by atoms with van der Waals surface area (Å²) in [5.41, 5.74) is 2.87. The summed E-state index contributed by atoms with van der Waals surface area (Å²) in [6.07, 6.45) is 3.94. The molecule has 112 valence electrons. The zero-order valence-electron chi connectivity index (χ0n) is 13.4. The Kier molecular flexibility index (Phi) is 6.06. The van der Waals surface area contributed by atoms with Gasteiger partial charge in [-0.25, -0.2) is 0 Å². The molecular formula is C18H30N2. The predicted octanol–water partition coefficient (Wildman–Crippen LogP) is 3.81. The Labute approximate surface area is 124 Å². The number of nitrogens with one attached hydrogen (secondary N) is 1. The smallest absolute Gasteiger partial charge is 0.0236 e. The summed E-state index contributed by atoms with van der Waals surface area (Å²) >= 11 is 0. The Morgan fingerprint density at radius 1 is 1.25 bits per heavy atom. The van der Waals surface area contributed by atoms with Gasteiger partial charge in [0.2, 0.25) is 0 Å². The lowest BCUT2D eigenvalue weighted by Crippen LogP contribution is -2.41. The van der Waals surface area contributed by atoms with Crippen LogP contribution in [0.1, 0.15) is 51.2 Å². The van der Waals surface area contributed by atoms with Gasteiger partial charge >= 0.3 is 0 Å². The van der Waals surface area contributed by atoms with Gasteiger partial charge in [0, 0.05) is 19.1 Å². The van der Waals surface area contributed by atoms with E-state index in [1.807, 2.05) is 0 Å². The third-order valence-corrected chi connectivity index (χ3v) is 4.64. The highest BCUT2D eigenvalue weighted by Gasteiger charge is 2.24. The number of benzene rings is 1. The molecule has 1 aromatic carbocycles. The fourth-order valence-corrected chi connectivity index (χ4v) is 3.13. The summed E-state index contributed by atoms with van der Waals surface area (Å²) in [4.78, 5) is 2.65. The van der Waals surface area contributed by atoms with Gasteiger partial charge in [-0.3, -0.25) is 4.90 Å². The lowest BCUT2D eigenvalue weighted by Gasteiger charge is -2.38. The molecule has 20 heavy (non-hydrogen) atoms. The van der Waals surface area contributed by atoms with Crippen molar-refractivity contribution >= 4 is 0 Å². The average Bonchev–Trinajstić information content (AvgIpc) is 2.45. The highest BCUT2D eigenvalue weighted by Crippen LogP contribution is 2.24. The van der Waals surface area contributed by atoms with E-state index in [1.54, 1.807) is 0 Å². The summed E-state index contributed by atoms with van der Waals surface area (Å²) in [5, 5.41) is 3.48. The van der Waals surface area contributed by atoms with Crippen LogP contribution in [0.3, 0.4) is 0 Å². The predicted molar refractivity (Wildman–Crippen MR) is 86.7 cm³/mol. The van der Waals surface area contributed by atoms with Gasteiger partial charge in [0.25, 0.3) is 0 Å². The number of likely N-dealkylation sites (tertiary alicyclic amines) is 1. The summed E-state index contributed by atoms with van der Waals surface area (Å²) in [7, 11) is 0. The Bertz CT molecular complexity index is 402. The fourth-order valence-electron chi connectivity index (χ4n) is 3.13. The van der Waals surface area contributed by atoms with Crippen LogP contribution in [0.2, 0.25) is 0 Å². The van der Waals surface area contributed by atoms with Gasteiger partial charge in [0.1, 0.15) is 0 Å². The van der Waals surface area contributed by atoms with Crippen molar-refractivity contribution in [3.63, 3.8) is 0 Å². The minimum atomic E-state index is 0.714. The van der Waals surface area contributed by atoms with Gasteiger partial charge in [-0.05, 0) is 56.3 Å². The number of hydrogen-bond donors (Lipinski definition) is 1. The van der Waals surface area contributed by atoms with E-state index in [2.05, 4.69) is 55.3 Å². The van der Waals surface area contributed by atoms with Crippen molar-refractivity contribution in [2.24, 2.45) is 5.92 Å². The zero-order valence-corrected chi connectivity index (χ0v) is 13.4. The molecule has 2 rings (SSSR count). The Morgan fingerprint density at radius 2 is 2.05 bits per heavy atom. The van der Waals surface area contributed by atoms with E-state index in [4.69, 9.17) is 0 Å². The van der Waals surface area contributed by atoms with E-state index < -0.39 is 0 Å². The second-order valence-corrected chi connectivity index (χ2v) is 6.33. The van der Waals surface area contributed by atoms with Gasteiger partial charge in [0.15, 0.2) is 0 Å². The standard InChI is InChI=1S/C18H30N2/c1-4-10-19-13-17-8-5-9-18(12-17)14-20-11-6-7-15(2)16(20)3/h5,8-9,12,15-16,19H,4,6-7,10-11,13-14H2,1-3H3. The summed E-state index contributed by atoms with van der Waals surface area (Å²) in [5.74, 6) is 0.832. The second-order valence-electron chi connectivity index (χ2n) is 6.33. The molecule has 0 bridgehead atoms. The monoisotopic (exact) mass is 274 g/mol. The Morgan fingerprint density at radius 3 is 2.85 bits per heavy atom. The van der Waals surface area contributed by atoms with Crippen LogP contribution >= 0.6 is 0 Å². The molecule has 1 aliphatic rings. The Hall–Kier alpha value is -0.860. The summed E-state index contributed by atoms with van der Waals surface area (Å²) in [6, 6.07) is 9.79. The van der Waals surface area contributed by atoms with Crippen molar-refractivity contribution in [3.05, 3.63) is 35.4 Å². The number of piperidine rings is 1. The van der Waals surface area contributed by atoms with Gasteiger partial charge in [-0.2, -0.15) is 0 Å². The third-order valence-electron chi connectivity index (χ3n) is 4.64. The molecule has 2 unspecified atom stereocenters. The first kappa shape index (κ1) is 15.5. The highest BCUT2D eigenvalue weighted by atomic mass is 15.2. The highest BCUT2D eigenvalue weighted by molar-refractivity contribution is 5.23. The largest absolute Gasteiger partial charge is 0.313 e. The first-order chi connectivity index (χ1) is 9.70. The molecule has 1 saturated heterocycles. The van der Waals surface area contributed by atoms with Crippen molar-refractivity contribution in [2.45, 2.75) is 59.2 Å². The zero-order chi connectivity index (χ0) is 14.4. The van der Waals surface area contributed by atoms with Crippen molar-refractivity contribution < 1.29 is 0 Å². The minimum Gasteiger partial charge on any atom is -0.313 e. The van der Waals surface area contributed by atoms with Crippen LogP contribution < -0.4 is 5.32 Å². The maximum absolute atomic E-state index is 3.48. The van der Waals surface area contributed by atoms with Gasteiger partial charge in [-0.15, -0.1) is 0 Å². The van der Waals surface area contributed by atoms with Gasteiger partial charge in [0.05, 0.1) is 0 Å². The molecule has 2 heteroatoms. The van der Waals surface area contributed by atoms with Crippen LogP contribution in [-0.2, 0) is 13.1 Å². The van der Waals surface area contributed by atoms with Crippen molar-refractivity contribution in [3.8, 4) is 0 Å². The fraction of sp³-hybridized carbons (Fsp3) is 0.667. The van der Waals surface area contributed by atoms with Crippen molar-refractivity contribution in [1.82, 2.24) is 10.2 Å². The van der Waals surface area contributed by atoms with Gasteiger partial charge in [-0.1, -0.05) is 38.1 Å². The molecule has 2 atom stereocenters. The maximum Gasteiger partial charge on any atom is 0.0236 e. The molecule has 0 aromatic heterocycles. The number of nitrogens with zero attached hydrogens (tertiary/aromatic N) is 1. The SMILES string of the molecule is CCCNCc1cccc(CN2CCCC(C)C2C)c1. The van der Waals surface area contributed by atoms with Crippen molar-refractivity contribution in [1.29, 1.82) is 0 Å². The third kappa shape index (κ3) is 4.32. The van der Waals surface area contributed by atoms with Crippen LogP contribution in [0.5, 0.6) is 0 Å². The van der Waals surface area contributed by atoms with Crippen LogP contribution in [0.25, 0.3) is 0 Å². The maximum atomic E-state index is 3.48. The molecule has 2 nitrogen and oxygen atoms in total. The van der Waals surface area contributed by atoms with Gasteiger partial charge < -0.3 is 5.32 Å². The molecule has 0 amide bonds. The lowest BCUT2D eigenvalue weighted by molar-refractivity contribution is 0.106. The topological polar surface area (TPSA) is 15.3 Å². The molecular weight excluding hydrogens is 244 g/mol. The van der Waals surface area contributed by atoms with Crippen LogP contribution in [-0.4, -0.2) is 24.0 Å². The number of rotatable bonds is 6. The first-order valence-electron chi connectivity index (χ1n) is 8.23. The van der Waals surface area contributed by atoms with E-state index >= 15 is 0 Å². The van der Waals surface area contributed by atoms with Crippen LogP contribution in [0.15, 0.2) is 24.3 Å².